The third-order valence-electron chi connectivity index (χ3n) is 26.8. The Morgan fingerprint density at radius 3 is 1.23 bits per heavy atom. The second-order valence-corrected chi connectivity index (χ2v) is 69.7. The van der Waals surface area contributed by atoms with Crippen LogP contribution in [0.4, 0.5) is 0 Å². The first-order valence-corrected chi connectivity index (χ1v) is 67.3. The Hall–Kier alpha value is -5.89. The van der Waals surface area contributed by atoms with Gasteiger partial charge in [-0.15, -0.1) is 5.10 Å². The number of aliphatic hydroxyl groups is 6. The number of methoxy groups -OCH3 is 5. The van der Waals surface area contributed by atoms with E-state index in [1.54, 1.807) is 89.1 Å². The SMILES string of the molecule is CC(O)CCO.CCCC(C)O.CCCC(C)S(=O)(=O)c1nnnn1-c1ccccc1.CCCC(C)Sc1nnnn1-c1ccccc1.COc1c(/C=C(\C)CCO[Si](C)(C)C(C)(C)C)ncc(Br)c1C.COc1c(C(=O)C(C)(CCO[Si](C)(C)C(C)(C)C)OC)ncc(Br)c1C.COc1c(C(=O)C(C)(O)CCO[Si](C)(C)C(C)(C)C)ncc(Br)c1C.COc1c(C(O)C(C)(O)CCO[Si](C)(C)C(C)(C)C)ncc(Br)c1C. The van der Waals surface area contributed by atoms with E-state index in [0.717, 1.165) is 94.7 Å². The molecule has 8 unspecified atom stereocenters. The maximum atomic E-state index is 13.2. The van der Waals surface area contributed by atoms with Gasteiger partial charge in [0, 0.05) is 130 Å². The van der Waals surface area contributed by atoms with Crippen molar-refractivity contribution >= 4 is 136 Å². The van der Waals surface area contributed by atoms with E-state index in [0.29, 0.717) is 79.4 Å². The van der Waals surface area contributed by atoms with E-state index in [9.17, 15) is 33.3 Å². The molecule has 8 atom stereocenters. The molecule has 0 radical (unpaired) electrons. The fourth-order valence-corrected chi connectivity index (χ4v) is 20.3. The smallest absolute Gasteiger partial charge is 0.272 e. The molecule has 0 saturated carbocycles. The molecule has 0 amide bonds. The number of aromatic nitrogens is 12. The summed E-state index contributed by atoms with van der Waals surface area (Å²) in [4.78, 5) is 43.1. The molecular formula is C106H178Br4N12O19S2Si4. The summed E-state index contributed by atoms with van der Waals surface area (Å²) in [5.41, 5.74) is 4.06. The van der Waals surface area contributed by atoms with E-state index in [1.807, 2.05) is 96.3 Å². The normalized spacial score (nSPS) is 14.4. The molecular weight excluding hydrogens is 2240 g/mol. The lowest BCUT2D eigenvalue weighted by atomic mass is 9.92. The van der Waals surface area contributed by atoms with Crippen molar-refractivity contribution in [3.63, 3.8) is 0 Å². The molecule has 0 aliphatic rings. The molecule has 832 valence electrons. The van der Waals surface area contributed by atoms with E-state index in [2.05, 4.69) is 284 Å². The zero-order valence-corrected chi connectivity index (χ0v) is 108. The van der Waals surface area contributed by atoms with Gasteiger partial charge in [-0.3, -0.25) is 19.6 Å². The number of benzene rings is 2. The van der Waals surface area contributed by atoms with Gasteiger partial charge >= 0.3 is 0 Å². The Balaban J connectivity index is 0.000000864. The van der Waals surface area contributed by atoms with Crippen LogP contribution in [0, 0.1) is 27.7 Å². The Labute approximate surface area is 922 Å². The molecule has 8 aromatic rings. The molecule has 0 bridgehead atoms. The number of halogens is 4. The minimum Gasteiger partial charge on any atom is -0.494 e. The maximum Gasteiger partial charge on any atom is 0.272 e. The number of ether oxygens (including phenoxy) is 5. The minimum absolute atomic E-state index is 0.0798. The number of ketones is 2. The van der Waals surface area contributed by atoms with Crippen LogP contribution in [0.3, 0.4) is 0 Å². The minimum atomic E-state index is -3.51. The number of hydrogen-bond donors (Lipinski definition) is 6. The van der Waals surface area contributed by atoms with Crippen LogP contribution >= 0.6 is 75.5 Å². The molecule has 147 heavy (non-hydrogen) atoms. The number of nitrogens with zero attached hydrogens (tertiary/aromatic N) is 12. The van der Waals surface area contributed by atoms with Crippen LogP contribution in [0.15, 0.2) is 119 Å². The molecule has 8 rings (SSSR count). The van der Waals surface area contributed by atoms with Gasteiger partial charge < -0.3 is 72.0 Å². The summed E-state index contributed by atoms with van der Waals surface area (Å²) in [7, 11) is -3.09. The lowest BCUT2D eigenvalue weighted by Gasteiger charge is -2.37. The summed E-state index contributed by atoms with van der Waals surface area (Å²) in [6.45, 7) is 74.1. The average molecular weight is 2420 g/mol. The number of Topliss-reactive ketones (excluding diaryl/α,β-unsaturated/α-hetero) is 2. The monoisotopic (exact) mass is 2410 g/mol. The quantitative estimate of drug-likeness (QED) is 0.0118. The van der Waals surface area contributed by atoms with Gasteiger partial charge in [-0.2, -0.15) is 9.36 Å². The highest BCUT2D eigenvalue weighted by Crippen LogP contribution is 2.44. The van der Waals surface area contributed by atoms with Crippen molar-refractivity contribution in [1.82, 2.24) is 60.4 Å². The van der Waals surface area contributed by atoms with Crippen LogP contribution in [0.2, 0.25) is 72.5 Å². The fourth-order valence-electron chi connectivity index (χ4n) is 12.5. The van der Waals surface area contributed by atoms with Crippen molar-refractivity contribution in [3.05, 3.63) is 154 Å². The first-order valence-electron chi connectivity index (χ1n) is 50.0. The second-order valence-electron chi connectivity index (χ2n) is 43.4. The third-order valence-corrected chi connectivity index (χ3v) is 51.3. The topological polar surface area (TPSA) is 411 Å². The summed E-state index contributed by atoms with van der Waals surface area (Å²) in [5, 5.41) is 81.4. The van der Waals surface area contributed by atoms with Crippen molar-refractivity contribution in [3.8, 4) is 34.4 Å². The predicted octanol–water partition coefficient (Wildman–Crippen LogP) is 25.5. The van der Waals surface area contributed by atoms with E-state index >= 15 is 0 Å². The van der Waals surface area contributed by atoms with Crippen molar-refractivity contribution in [2.45, 2.75) is 386 Å². The number of carbonyl (C=O) groups is 2. The standard InChI is InChI=1S/C19H32BrNO4Si.C18H32BrNO4Si.C18H30BrNO4Si.C18H30BrNO2Si.C12H16N4O2S.C12H16N4S.C5H12O.C4H10O2/c1-13-14(20)12-21-15(16(13)23-6)17(22)19(5,24-7)10-11-25-26(8,9)18(2,3)4;2*1-12-13(19)11-20-14(15(12)23-6)16(21)18(5,22)9-10-24-25(7,8)17(2,3)4;1-13(9-10-22-23(7,8)18(3,4)5)11-16-17(21-6)14(2)15(19)12-20-16;1-3-7-10(2)19(17,18)12-13-14-15-16(12)11-8-5-4-6-9-11;1-3-7-10(2)17-12-13-14-15-16(12)11-8-5-4-6-9-11;1-3-4-5(2)6;1-4(6)2-3-5/h12H,10-11H2,1-9H3;11,16,21-22H,9-10H2,1-8H3;11,22H,9-10H2,1-8H3;11-12H,9-10H2,1-8H3;4-6,8-10H,3,7H2,1-2H3;4-6,8-10H,3,7H2,1-2H3;5-6H,3-4H2,1-2H3;4-6H,2-3H2,1H3/b;;;13-11+;;;;. The molecule has 0 fully saturated rings. The maximum absolute atomic E-state index is 13.2. The first kappa shape index (κ1) is 139. The van der Waals surface area contributed by atoms with Crippen LogP contribution in [0.25, 0.3) is 17.5 Å². The molecule has 6 N–H and O–H groups in total. The molecule has 0 saturated heterocycles. The molecule has 2 aromatic carbocycles. The van der Waals surface area contributed by atoms with Gasteiger partial charge in [0.1, 0.15) is 40.2 Å². The summed E-state index contributed by atoms with van der Waals surface area (Å²) < 4.78 is 83.1. The fraction of sp³-hybridized carbons (Fsp3) is 0.642. The second kappa shape index (κ2) is 63.2. The number of pyridine rings is 4. The Kier molecular flexibility index (Phi) is 59.8. The van der Waals surface area contributed by atoms with E-state index in [4.69, 9.17) is 56.7 Å². The van der Waals surface area contributed by atoms with Gasteiger partial charge in [-0.1, -0.05) is 189 Å². The Bertz CT molecular complexity index is 5420. The zero-order valence-electron chi connectivity index (χ0n) is 95.5. The van der Waals surface area contributed by atoms with Crippen molar-refractivity contribution in [2.75, 3.05) is 68.6 Å². The summed E-state index contributed by atoms with van der Waals surface area (Å²) in [5.74, 6) is 1.49. The van der Waals surface area contributed by atoms with Crippen LogP contribution in [0.5, 0.6) is 23.0 Å². The molecule has 41 heteroatoms. The van der Waals surface area contributed by atoms with Crippen LogP contribution < -0.4 is 18.9 Å². The third kappa shape index (κ3) is 44.1. The van der Waals surface area contributed by atoms with Crippen LogP contribution in [-0.4, -0.2) is 252 Å². The van der Waals surface area contributed by atoms with Gasteiger partial charge in [0.05, 0.1) is 62.9 Å². The van der Waals surface area contributed by atoms with E-state index in [-0.39, 0.29) is 67.7 Å². The first-order chi connectivity index (χ1) is 67.7. The average Bonchev–Trinajstić information content (AvgIpc) is 1.77. The van der Waals surface area contributed by atoms with Crippen LogP contribution in [0.1, 0.15) is 291 Å². The highest BCUT2D eigenvalue weighted by Gasteiger charge is 2.45. The number of rotatable bonds is 42. The highest BCUT2D eigenvalue weighted by atomic mass is 79.9. The number of carbonyl (C=O) groups excluding carboxylic acids is 2. The predicted molar refractivity (Wildman–Crippen MR) is 618 cm³/mol. The van der Waals surface area contributed by atoms with Gasteiger partial charge in [0.25, 0.3) is 5.16 Å². The summed E-state index contributed by atoms with van der Waals surface area (Å²) >= 11 is 15.4. The van der Waals surface area contributed by atoms with Crippen LogP contribution in [-0.2, 0) is 32.3 Å². The van der Waals surface area contributed by atoms with Gasteiger partial charge in [0.2, 0.25) is 26.6 Å². The summed E-state index contributed by atoms with van der Waals surface area (Å²) in [6.07, 6.45) is 15.2. The van der Waals surface area contributed by atoms with Crippen molar-refractivity contribution in [1.29, 1.82) is 0 Å². The molecule has 0 aliphatic heterocycles. The Morgan fingerprint density at radius 1 is 0.476 bits per heavy atom. The number of tetrazole rings is 2. The van der Waals surface area contributed by atoms with E-state index in [1.165, 1.54) is 51.3 Å². The highest BCUT2D eigenvalue weighted by molar-refractivity contribution is 9.11. The van der Waals surface area contributed by atoms with Crippen molar-refractivity contribution in [2.24, 2.45) is 0 Å². The number of hydrogen-bond acceptors (Lipinski definition) is 30. The number of aliphatic hydroxyl groups excluding tert-OH is 4. The van der Waals surface area contributed by atoms with Gasteiger partial charge in [-0.25, -0.2) is 18.4 Å². The van der Waals surface area contributed by atoms with Gasteiger partial charge in [-0.05, 0) is 296 Å². The molecule has 6 aromatic heterocycles. The lowest BCUT2D eigenvalue weighted by molar-refractivity contribution is -0.0780. The molecule has 6 heterocycles. The van der Waals surface area contributed by atoms with Gasteiger partial charge in [0.15, 0.2) is 56.2 Å². The number of thioether (sulfide) groups is 1. The lowest BCUT2D eigenvalue weighted by Crippen LogP contribution is -2.44. The van der Waals surface area contributed by atoms with Crippen molar-refractivity contribution < 1.29 is 90.0 Å². The number of para-hydroxylation sites is 2. The largest absolute Gasteiger partial charge is 0.494 e. The molecule has 0 aliphatic carbocycles. The number of sulfone groups is 1. The Morgan fingerprint density at radius 2 is 0.844 bits per heavy atom. The molecule has 31 nitrogen and oxygen atoms in total. The summed E-state index contributed by atoms with van der Waals surface area (Å²) in [6, 6.07) is 19.0. The molecule has 0 spiro atoms. The van der Waals surface area contributed by atoms with E-state index < -0.39 is 77.0 Å². The zero-order chi connectivity index (χ0) is 113.